The highest BCUT2D eigenvalue weighted by Gasteiger charge is 2.34. The van der Waals surface area contributed by atoms with Crippen molar-refractivity contribution in [3.8, 4) is 5.75 Å². The monoisotopic (exact) mass is 1190 g/mol. The molecule has 0 radical (unpaired) electrons. The number of unbranched alkanes of at least 4 members (excludes halogenated alkanes) is 11. The third-order valence-corrected chi connectivity index (χ3v) is 14.5. The van der Waals surface area contributed by atoms with Crippen molar-refractivity contribution in [3.63, 3.8) is 0 Å². The highest BCUT2D eigenvalue weighted by molar-refractivity contribution is 5.99. The van der Waals surface area contributed by atoms with Gasteiger partial charge in [0, 0.05) is 36.4 Å². The number of hydrogen-bond acceptors (Lipinski definition) is 13. The summed E-state index contributed by atoms with van der Waals surface area (Å²) in [5, 5.41) is 42.7. The second-order valence-corrected chi connectivity index (χ2v) is 21.7. The molecule has 0 saturated heterocycles. The Balaban J connectivity index is 1.62. The van der Waals surface area contributed by atoms with Gasteiger partial charge in [0.15, 0.2) is 0 Å². The number of nitrogens with one attached hydrogen (secondary N) is 10. The number of fused-ring (bicyclic) bond motifs is 1. The second-order valence-electron chi connectivity index (χ2n) is 21.7. The Labute approximate surface area is 497 Å². The van der Waals surface area contributed by atoms with Gasteiger partial charge in [0.2, 0.25) is 59.1 Å². The Morgan fingerprint density at radius 3 is 1.73 bits per heavy atom. The van der Waals surface area contributed by atoms with Crippen LogP contribution in [0.3, 0.4) is 0 Å². The molecule has 25 nitrogen and oxygen atoms in total. The van der Waals surface area contributed by atoms with Gasteiger partial charge in [-0.05, 0) is 81.3 Å². The summed E-state index contributed by atoms with van der Waals surface area (Å²) < 4.78 is 0. The van der Waals surface area contributed by atoms with Crippen molar-refractivity contribution in [1.29, 1.82) is 0 Å². The number of carboxylic acids is 1. The molecule has 0 saturated carbocycles. The zero-order chi connectivity index (χ0) is 62.8. The molecule has 16 N–H and O–H groups in total. The van der Waals surface area contributed by atoms with E-state index >= 15 is 0 Å². The number of aliphatic carboxylic acids is 1. The van der Waals surface area contributed by atoms with Crippen LogP contribution in [-0.2, 0) is 65.6 Å². The van der Waals surface area contributed by atoms with Crippen molar-refractivity contribution in [3.05, 3.63) is 65.9 Å². The number of nitrogens with two attached hydrogens (primary N) is 2. The van der Waals surface area contributed by atoms with Gasteiger partial charge >= 0.3 is 5.97 Å². The van der Waals surface area contributed by atoms with E-state index in [-0.39, 0.29) is 43.9 Å². The lowest BCUT2D eigenvalue weighted by Crippen LogP contribution is -2.60. The zero-order valence-electron chi connectivity index (χ0n) is 49.9. The number of carbonyl (C=O) groups is 11. The van der Waals surface area contributed by atoms with Crippen LogP contribution in [0.1, 0.15) is 155 Å². The third-order valence-electron chi connectivity index (χ3n) is 14.5. The fraction of sp³-hybridized carbons (Fsp3) is 0.583. The lowest BCUT2D eigenvalue weighted by molar-refractivity contribution is -0.142. The van der Waals surface area contributed by atoms with Gasteiger partial charge in [-0.25, -0.2) is 0 Å². The lowest BCUT2D eigenvalue weighted by atomic mass is 9.97. The van der Waals surface area contributed by atoms with Gasteiger partial charge in [-0.15, -0.1) is 0 Å². The number of aromatic amines is 1. The number of hydrogen-bond donors (Lipinski definition) is 14. The van der Waals surface area contributed by atoms with E-state index in [4.69, 9.17) is 11.5 Å². The molecule has 0 fully saturated rings. The molecule has 25 heteroatoms. The minimum atomic E-state index is -1.69. The van der Waals surface area contributed by atoms with E-state index in [9.17, 15) is 63.0 Å². The van der Waals surface area contributed by atoms with Crippen molar-refractivity contribution in [1.82, 2.24) is 52.8 Å². The molecular weight excluding hydrogens is 1100 g/mol. The van der Waals surface area contributed by atoms with Gasteiger partial charge in [0.25, 0.3) is 0 Å². The molecule has 0 aliphatic heterocycles. The minimum Gasteiger partial charge on any atom is -0.508 e. The summed E-state index contributed by atoms with van der Waals surface area (Å²) in [6.45, 7) is 7.26. The van der Waals surface area contributed by atoms with E-state index in [0.717, 1.165) is 35.7 Å². The number of phenols is 1. The Morgan fingerprint density at radius 1 is 0.541 bits per heavy atom. The summed E-state index contributed by atoms with van der Waals surface area (Å²) in [5.74, 6) is -9.91. The summed E-state index contributed by atoms with van der Waals surface area (Å²) in [6.07, 6.45) is 14.8. The van der Waals surface area contributed by atoms with Crippen molar-refractivity contribution in [2.75, 3.05) is 19.6 Å². The van der Waals surface area contributed by atoms with E-state index in [1.165, 1.54) is 83.1 Å². The zero-order valence-corrected chi connectivity index (χ0v) is 49.9. The van der Waals surface area contributed by atoms with Crippen molar-refractivity contribution < 1.29 is 63.0 Å². The first-order chi connectivity index (χ1) is 40.6. The second kappa shape index (κ2) is 38.7. The molecule has 1 aromatic heterocycles. The van der Waals surface area contributed by atoms with Crippen LogP contribution in [-0.4, -0.2) is 142 Å². The molecule has 470 valence electrons. The fourth-order valence-electron chi connectivity index (χ4n) is 9.24. The first kappa shape index (κ1) is 71.2. The van der Waals surface area contributed by atoms with Crippen molar-refractivity contribution >= 4 is 75.9 Å². The lowest BCUT2D eigenvalue weighted by Gasteiger charge is -2.27. The number of rotatable bonds is 42. The number of primary amides is 1. The van der Waals surface area contributed by atoms with Crippen molar-refractivity contribution in [2.45, 2.75) is 199 Å². The predicted molar refractivity (Wildman–Crippen MR) is 320 cm³/mol. The molecule has 0 aliphatic rings. The van der Waals surface area contributed by atoms with Gasteiger partial charge in [-0.3, -0.25) is 52.7 Å². The highest BCUT2D eigenvalue weighted by Crippen LogP contribution is 2.20. The molecule has 0 unspecified atom stereocenters. The quantitative estimate of drug-likeness (QED) is 0.0362. The molecule has 85 heavy (non-hydrogen) atoms. The average Bonchev–Trinajstić information content (AvgIpc) is 3.52. The number of amides is 10. The number of carbonyl (C=O) groups excluding carboxylic acids is 10. The maximum atomic E-state index is 14.0. The third kappa shape index (κ3) is 27.0. The number of aromatic nitrogens is 1. The Bertz CT molecular complexity index is 2670. The van der Waals surface area contributed by atoms with Gasteiger partial charge in [-0.1, -0.05) is 122 Å². The number of benzene rings is 2. The van der Waals surface area contributed by atoms with Gasteiger partial charge in [0.05, 0.1) is 19.5 Å². The maximum Gasteiger partial charge on any atom is 0.325 e. The Morgan fingerprint density at radius 2 is 1.11 bits per heavy atom. The molecule has 8 atom stereocenters. The number of phenolic OH excluding ortho intramolecular Hbond substituents is 1. The molecule has 3 rings (SSSR count). The molecule has 2 aromatic carbocycles. The van der Waals surface area contributed by atoms with Crippen LogP contribution in [0.2, 0.25) is 0 Å². The molecule has 1 heterocycles. The van der Waals surface area contributed by atoms with Gasteiger partial charge in [-0.2, -0.15) is 0 Å². The largest absolute Gasteiger partial charge is 0.508 e. The van der Waals surface area contributed by atoms with E-state index < -0.39 is 127 Å². The van der Waals surface area contributed by atoms with Gasteiger partial charge in [0.1, 0.15) is 48.0 Å². The topological polar surface area (TPSA) is 404 Å². The Hall–Kier alpha value is -8.09. The molecule has 3 aromatic rings. The summed E-state index contributed by atoms with van der Waals surface area (Å²) >= 11 is 0. The Kier molecular flexibility index (Phi) is 32.4. The van der Waals surface area contributed by atoms with E-state index in [0.29, 0.717) is 31.2 Å². The summed E-state index contributed by atoms with van der Waals surface area (Å²) in [4.78, 5) is 149. The average molecular weight is 1190 g/mol. The van der Waals surface area contributed by atoms with Gasteiger partial charge < -0.3 is 74.5 Å². The summed E-state index contributed by atoms with van der Waals surface area (Å²) in [5.41, 5.74) is 13.2. The number of carboxylic acid groups (broad SMARTS) is 1. The smallest absolute Gasteiger partial charge is 0.325 e. The van der Waals surface area contributed by atoms with E-state index in [2.05, 4.69) is 59.8 Å². The molecule has 0 spiro atoms. The summed E-state index contributed by atoms with van der Waals surface area (Å²) in [7, 11) is 0. The first-order valence-corrected chi connectivity index (χ1v) is 29.8. The van der Waals surface area contributed by atoms with Crippen LogP contribution >= 0.6 is 0 Å². The van der Waals surface area contributed by atoms with E-state index in [1.807, 2.05) is 24.3 Å². The standard InChI is InChI=1S/C60H92N12O13/c1-6-8-9-10-11-12-13-14-15-16-17-25-50(75)68-47(32-41-34-63-44-23-19-18-22-43(41)44)55(79)65-35-51(76)64-36-52(77)72-53(37(3)7-2)59(83)69-45(24-20-21-30-61)56(80)66-38(4)54(78)70-48(33-49(62)74)58(82)71-46(57(81)67-39(5)60(84)85)31-40-26-28-42(73)29-27-40/h18-19,22-23,26-29,34,37-39,45-48,53,63,73H,6-17,20-21,24-25,30-33,35-36,61H2,1-5H3,(H2,62,74)(H,64,76)(H,65,79)(H,66,80)(H,67,81)(H,68,75)(H,69,83)(H,70,78)(H,71,82)(H,72,77)(H,84,85)/t37-,38-,39-,45-,46-,47-,48-,53-/m0/s1. The first-order valence-electron chi connectivity index (χ1n) is 29.8. The maximum absolute atomic E-state index is 14.0. The summed E-state index contributed by atoms with van der Waals surface area (Å²) in [6, 6.07) is 3.69. The normalized spacial score (nSPS) is 13.9. The van der Waals surface area contributed by atoms with Crippen molar-refractivity contribution in [2.24, 2.45) is 17.4 Å². The number of H-pyrrole nitrogens is 1. The number of para-hydroxylation sites is 1. The number of aromatic hydroxyl groups is 1. The molecule has 0 bridgehead atoms. The molecular formula is C60H92N12O13. The SMILES string of the molecule is CCCCCCCCCCCCCC(=O)N[C@@H](Cc1c[nH]c2ccccc12)C(=O)NCC(=O)NCC(=O)N[C@H](C(=O)N[C@@H](CCCCN)C(=O)N[C@@H](C)C(=O)N[C@@H](CC(N)=O)C(=O)N[C@@H](Cc1ccc(O)cc1)C(=O)N[C@@H](C)C(=O)O)[C@@H](C)CC. The predicted octanol–water partition coefficient (Wildman–Crippen LogP) is 2.16. The minimum absolute atomic E-state index is 0.0372. The fourth-order valence-corrected chi connectivity index (χ4v) is 9.24. The molecule has 10 amide bonds. The van der Waals surface area contributed by atoms with E-state index in [1.54, 1.807) is 20.0 Å². The van der Waals surface area contributed by atoms with Crippen LogP contribution in [0.5, 0.6) is 5.75 Å². The molecule has 0 aliphatic carbocycles. The van der Waals surface area contributed by atoms with Crippen LogP contribution in [0, 0.1) is 5.92 Å². The van der Waals surface area contributed by atoms with Crippen LogP contribution in [0.4, 0.5) is 0 Å². The van der Waals surface area contributed by atoms with Crippen LogP contribution < -0.4 is 59.3 Å². The highest BCUT2D eigenvalue weighted by atomic mass is 16.4. The van der Waals surface area contributed by atoms with Crippen LogP contribution in [0.15, 0.2) is 54.7 Å². The van der Waals surface area contributed by atoms with Crippen LogP contribution in [0.25, 0.3) is 10.9 Å².